The van der Waals surface area contributed by atoms with Gasteiger partial charge in [0.25, 0.3) is 0 Å². The van der Waals surface area contributed by atoms with E-state index in [0.717, 1.165) is 11.3 Å². The third-order valence-corrected chi connectivity index (χ3v) is 3.23. The molecule has 2 aromatic rings. The lowest BCUT2D eigenvalue weighted by Gasteiger charge is -2.07. The van der Waals surface area contributed by atoms with Gasteiger partial charge in [-0.2, -0.15) is 5.10 Å². The molecule has 0 bridgehead atoms. The normalized spacial score (nSPS) is 17.3. The highest BCUT2D eigenvalue weighted by Crippen LogP contribution is 2.34. The molecule has 3 rings (SSSR count). The molecule has 0 amide bonds. The van der Waals surface area contributed by atoms with Crippen molar-refractivity contribution >= 4 is 5.78 Å². The number of nitrogens with zero attached hydrogens (tertiary/aromatic N) is 3. The zero-order chi connectivity index (χ0) is 12.5. The number of benzene rings is 1. The van der Waals surface area contributed by atoms with Crippen molar-refractivity contribution in [2.45, 2.75) is 12.3 Å². The van der Waals surface area contributed by atoms with E-state index in [9.17, 15) is 4.79 Å². The van der Waals surface area contributed by atoms with E-state index in [1.54, 1.807) is 11.7 Å². The molecule has 5 nitrogen and oxygen atoms in total. The first-order valence-corrected chi connectivity index (χ1v) is 5.83. The molecule has 2 heterocycles. The molecule has 1 aliphatic heterocycles. The van der Waals surface area contributed by atoms with E-state index in [4.69, 9.17) is 4.74 Å². The zero-order valence-electron chi connectivity index (χ0n) is 10.0. The van der Waals surface area contributed by atoms with Crippen LogP contribution in [0.15, 0.2) is 30.6 Å². The van der Waals surface area contributed by atoms with Crippen LogP contribution in [0.2, 0.25) is 0 Å². The second-order valence-corrected chi connectivity index (χ2v) is 4.34. The maximum atomic E-state index is 12.3. The predicted molar refractivity (Wildman–Crippen MR) is 64.4 cm³/mol. The summed E-state index contributed by atoms with van der Waals surface area (Å²) in [5.41, 5.74) is 0.977. The first kappa shape index (κ1) is 11.0. The van der Waals surface area contributed by atoms with Crippen LogP contribution in [-0.4, -0.2) is 27.2 Å². The molecule has 0 saturated carbocycles. The third kappa shape index (κ3) is 1.77. The van der Waals surface area contributed by atoms with Gasteiger partial charge in [0.15, 0.2) is 5.78 Å². The molecule has 1 unspecified atom stereocenters. The second-order valence-electron chi connectivity index (χ2n) is 4.34. The van der Waals surface area contributed by atoms with Crippen LogP contribution in [0.3, 0.4) is 0 Å². The largest absolute Gasteiger partial charge is 0.492 e. The van der Waals surface area contributed by atoms with Crippen LogP contribution in [-0.2, 0) is 18.3 Å². The molecular formula is C13H13N3O2. The van der Waals surface area contributed by atoms with Crippen LogP contribution < -0.4 is 4.74 Å². The van der Waals surface area contributed by atoms with Gasteiger partial charge in [-0.15, -0.1) is 0 Å². The molecule has 92 valence electrons. The number of para-hydroxylation sites is 1. The minimum Gasteiger partial charge on any atom is -0.492 e. The molecule has 1 aliphatic rings. The van der Waals surface area contributed by atoms with Gasteiger partial charge < -0.3 is 4.74 Å². The summed E-state index contributed by atoms with van der Waals surface area (Å²) in [6.07, 6.45) is 1.75. The minimum atomic E-state index is -0.183. The number of hydrogen-bond donors (Lipinski definition) is 0. The Hall–Kier alpha value is -2.17. The smallest absolute Gasteiger partial charge is 0.151 e. The monoisotopic (exact) mass is 243 g/mol. The number of ether oxygens (including phenoxy) is 1. The van der Waals surface area contributed by atoms with Crippen LogP contribution in [0.1, 0.15) is 17.3 Å². The molecule has 18 heavy (non-hydrogen) atoms. The van der Waals surface area contributed by atoms with Crippen molar-refractivity contribution in [3.05, 3.63) is 42.0 Å². The predicted octanol–water partition coefficient (Wildman–Crippen LogP) is 1.10. The summed E-state index contributed by atoms with van der Waals surface area (Å²) in [6.45, 7) is 0.427. The molecule has 0 aliphatic carbocycles. The Balaban J connectivity index is 1.81. The second kappa shape index (κ2) is 4.25. The molecule has 0 saturated heterocycles. The van der Waals surface area contributed by atoms with Gasteiger partial charge in [0, 0.05) is 12.6 Å². The van der Waals surface area contributed by atoms with E-state index < -0.39 is 0 Å². The van der Waals surface area contributed by atoms with Gasteiger partial charge >= 0.3 is 0 Å². The average Bonchev–Trinajstić information content (AvgIpc) is 2.96. The SMILES string of the molecule is Cn1ncnc1CC(=O)C1COc2ccccc21. The number of rotatable bonds is 3. The first-order chi connectivity index (χ1) is 8.75. The summed E-state index contributed by atoms with van der Waals surface area (Å²) >= 11 is 0. The molecule has 1 atom stereocenters. The van der Waals surface area contributed by atoms with E-state index in [-0.39, 0.29) is 11.7 Å². The fourth-order valence-electron chi connectivity index (χ4n) is 2.19. The number of aromatic nitrogens is 3. The van der Waals surface area contributed by atoms with Crippen molar-refractivity contribution in [1.82, 2.24) is 14.8 Å². The highest BCUT2D eigenvalue weighted by Gasteiger charge is 2.30. The molecular weight excluding hydrogens is 230 g/mol. The summed E-state index contributed by atoms with van der Waals surface area (Å²) in [5.74, 6) is 1.44. The molecule has 1 aromatic carbocycles. The Morgan fingerprint density at radius 2 is 2.33 bits per heavy atom. The van der Waals surface area contributed by atoms with Crippen molar-refractivity contribution in [3.63, 3.8) is 0 Å². The van der Waals surface area contributed by atoms with Gasteiger partial charge in [0.1, 0.15) is 24.5 Å². The first-order valence-electron chi connectivity index (χ1n) is 5.83. The van der Waals surface area contributed by atoms with E-state index in [0.29, 0.717) is 18.9 Å². The summed E-state index contributed by atoms with van der Waals surface area (Å²) in [5, 5.41) is 3.96. The van der Waals surface area contributed by atoms with Gasteiger partial charge in [0.2, 0.25) is 0 Å². The summed E-state index contributed by atoms with van der Waals surface area (Å²) in [7, 11) is 1.79. The van der Waals surface area contributed by atoms with Gasteiger partial charge in [0.05, 0.1) is 12.3 Å². The van der Waals surface area contributed by atoms with Crippen molar-refractivity contribution in [2.75, 3.05) is 6.61 Å². The standard InChI is InChI=1S/C13H13N3O2/c1-16-13(14-8-15-16)6-11(17)10-7-18-12-5-3-2-4-9(10)12/h2-5,8,10H,6-7H2,1H3. The Kier molecular flexibility index (Phi) is 2.59. The molecule has 5 heteroatoms. The third-order valence-electron chi connectivity index (χ3n) is 3.23. The minimum absolute atomic E-state index is 0.121. The lowest BCUT2D eigenvalue weighted by Crippen LogP contribution is -2.18. The Bertz CT molecular complexity index is 591. The zero-order valence-corrected chi connectivity index (χ0v) is 10.0. The van der Waals surface area contributed by atoms with Gasteiger partial charge in [-0.3, -0.25) is 9.48 Å². The van der Waals surface area contributed by atoms with Crippen LogP contribution in [0.25, 0.3) is 0 Å². The summed E-state index contributed by atoms with van der Waals surface area (Å²) in [6, 6.07) is 7.68. The van der Waals surface area contributed by atoms with Gasteiger partial charge in [-0.1, -0.05) is 18.2 Å². The van der Waals surface area contributed by atoms with Crippen molar-refractivity contribution in [3.8, 4) is 5.75 Å². The number of fused-ring (bicyclic) bond motifs is 1. The van der Waals surface area contributed by atoms with Crippen molar-refractivity contribution in [2.24, 2.45) is 7.05 Å². The molecule has 0 fully saturated rings. The Labute approximate surface area is 104 Å². The van der Waals surface area contributed by atoms with E-state index in [1.807, 2.05) is 24.3 Å². The number of carbonyl (C=O) groups excluding carboxylic acids is 1. The molecule has 1 aromatic heterocycles. The van der Waals surface area contributed by atoms with Crippen LogP contribution in [0.5, 0.6) is 5.75 Å². The maximum absolute atomic E-state index is 12.3. The van der Waals surface area contributed by atoms with Gasteiger partial charge in [-0.05, 0) is 6.07 Å². The van der Waals surface area contributed by atoms with E-state index in [2.05, 4.69) is 10.1 Å². The number of Topliss-reactive ketones (excluding diaryl/α,β-unsaturated/α-hetero) is 1. The lowest BCUT2D eigenvalue weighted by atomic mass is 9.95. The quantitative estimate of drug-likeness (QED) is 0.810. The highest BCUT2D eigenvalue weighted by molar-refractivity contribution is 5.88. The van der Waals surface area contributed by atoms with Gasteiger partial charge in [-0.25, -0.2) is 4.98 Å². The van der Waals surface area contributed by atoms with E-state index in [1.165, 1.54) is 6.33 Å². The maximum Gasteiger partial charge on any atom is 0.151 e. The fourth-order valence-corrected chi connectivity index (χ4v) is 2.19. The number of hydrogen-bond acceptors (Lipinski definition) is 4. The number of aryl methyl sites for hydroxylation is 1. The number of carbonyl (C=O) groups is 1. The van der Waals surface area contributed by atoms with Crippen LogP contribution in [0.4, 0.5) is 0 Å². The summed E-state index contributed by atoms with van der Waals surface area (Å²) < 4.78 is 7.14. The Morgan fingerprint density at radius 1 is 1.50 bits per heavy atom. The fraction of sp³-hybridized carbons (Fsp3) is 0.308. The highest BCUT2D eigenvalue weighted by atomic mass is 16.5. The van der Waals surface area contributed by atoms with E-state index >= 15 is 0 Å². The lowest BCUT2D eigenvalue weighted by molar-refractivity contribution is -0.120. The molecule has 0 radical (unpaired) electrons. The molecule has 0 spiro atoms. The van der Waals surface area contributed by atoms with Crippen LogP contribution in [0, 0.1) is 0 Å². The number of ketones is 1. The van der Waals surface area contributed by atoms with Crippen molar-refractivity contribution < 1.29 is 9.53 Å². The van der Waals surface area contributed by atoms with Crippen LogP contribution >= 0.6 is 0 Å². The topological polar surface area (TPSA) is 57.0 Å². The molecule has 0 N–H and O–H groups in total. The average molecular weight is 243 g/mol. The Morgan fingerprint density at radius 3 is 3.11 bits per heavy atom. The summed E-state index contributed by atoms with van der Waals surface area (Å²) in [4.78, 5) is 16.3. The van der Waals surface area contributed by atoms with Crippen molar-refractivity contribution in [1.29, 1.82) is 0 Å².